The summed E-state index contributed by atoms with van der Waals surface area (Å²) in [7, 11) is 3.24. The summed E-state index contributed by atoms with van der Waals surface area (Å²) < 4.78 is 12.9. The van der Waals surface area contributed by atoms with E-state index in [-0.39, 0.29) is 11.4 Å². The Kier molecular flexibility index (Phi) is 4.75. The number of hydrogen-bond donors (Lipinski definition) is 1. The molecule has 1 aromatic carbocycles. The topological polar surface area (TPSA) is 92.3 Å². The molecule has 1 aromatic heterocycles. The molecule has 0 atom stereocenters. The minimum atomic E-state index is -0.442. The Balaban J connectivity index is 1.82. The van der Waals surface area contributed by atoms with Crippen LogP contribution in [-0.4, -0.2) is 46.3 Å². The summed E-state index contributed by atoms with van der Waals surface area (Å²) in [6, 6.07) is 7.55. The zero-order chi connectivity index (χ0) is 20.7. The highest BCUT2D eigenvalue weighted by Gasteiger charge is 2.32. The minimum Gasteiger partial charge on any atom is -0.497 e. The van der Waals surface area contributed by atoms with E-state index in [4.69, 9.17) is 14.9 Å². The van der Waals surface area contributed by atoms with E-state index >= 15 is 0 Å². The molecule has 2 aliphatic rings. The Morgan fingerprint density at radius 3 is 2.69 bits per heavy atom. The number of ether oxygens (including phenoxy) is 2. The second-order valence-electron chi connectivity index (χ2n) is 6.46. The maximum atomic E-state index is 12.5. The number of hydrogen-bond acceptors (Lipinski definition) is 6. The Bertz CT molecular complexity index is 1130. The van der Waals surface area contributed by atoms with Crippen LogP contribution < -0.4 is 9.47 Å². The highest BCUT2D eigenvalue weighted by Crippen LogP contribution is 2.33. The highest BCUT2D eigenvalue weighted by molar-refractivity contribution is 8.25. The number of amidine groups is 2. The molecule has 2 aliphatic heterocycles. The molecule has 0 saturated heterocycles. The van der Waals surface area contributed by atoms with E-state index in [0.29, 0.717) is 16.7 Å². The Morgan fingerprint density at radius 1 is 1.17 bits per heavy atom. The van der Waals surface area contributed by atoms with Gasteiger partial charge in [0.1, 0.15) is 11.5 Å². The van der Waals surface area contributed by atoms with Gasteiger partial charge < -0.3 is 14.0 Å². The van der Waals surface area contributed by atoms with Crippen molar-refractivity contribution >= 4 is 40.3 Å². The van der Waals surface area contributed by atoms with Gasteiger partial charge >= 0.3 is 0 Å². The first-order chi connectivity index (χ1) is 13.9. The van der Waals surface area contributed by atoms with Gasteiger partial charge in [-0.05, 0) is 55.4 Å². The van der Waals surface area contributed by atoms with Gasteiger partial charge in [-0.1, -0.05) is 0 Å². The van der Waals surface area contributed by atoms with Crippen molar-refractivity contribution in [2.75, 3.05) is 14.2 Å². The number of methoxy groups -OCH3 is 2. The smallest absolute Gasteiger partial charge is 0.283 e. The van der Waals surface area contributed by atoms with Crippen LogP contribution in [0.25, 0.3) is 11.8 Å². The number of benzene rings is 1. The van der Waals surface area contributed by atoms with Gasteiger partial charge in [0.15, 0.2) is 11.0 Å². The first-order valence-corrected chi connectivity index (χ1v) is 9.66. The van der Waals surface area contributed by atoms with E-state index < -0.39 is 5.91 Å². The molecule has 4 rings (SSSR count). The number of hydrazone groups is 1. The van der Waals surface area contributed by atoms with Crippen LogP contribution in [0.4, 0.5) is 0 Å². The molecule has 0 fully saturated rings. The van der Waals surface area contributed by atoms with Crippen molar-refractivity contribution in [1.29, 1.82) is 5.41 Å². The maximum Gasteiger partial charge on any atom is 0.283 e. The van der Waals surface area contributed by atoms with Crippen LogP contribution in [0.5, 0.6) is 11.5 Å². The molecule has 9 heteroatoms. The molecule has 3 heterocycles. The van der Waals surface area contributed by atoms with E-state index in [9.17, 15) is 4.79 Å². The van der Waals surface area contributed by atoms with Crippen LogP contribution in [0.15, 0.2) is 39.9 Å². The molecule has 0 saturated carbocycles. The summed E-state index contributed by atoms with van der Waals surface area (Å²) in [5, 5.41) is 14.2. The molecule has 0 unspecified atom stereocenters. The number of carbonyl (C=O) groups is 1. The lowest BCUT2D eigenvalue weighted by Gasteiger charge is -2.20. The number of fused-ring (bicyclic) bond motifs is 1. The first kappa shape index (κ1) is 19.0. The third kappa shape index (κ3) is 3.13. The van der Waals surface area contributed by atoms with Crippen molar-refractivity contribution in [3.05, 3.63) is 46.8 Å². The van der Waals surface area contributed by atoms with Crippen molar-refractivity contribution in [1.82, 2.24) is 9.58 Å². The van der Waals surface area contributed by atoms with Gasteiger partial charge in [0.2, 0.25) is 0 Å². The van der Waals surface area contributed by atoms with Crippen LogP contribution in [0.3, 0.4) is 0 Å². The number of nitrogens with one attached hydrogen (secondary N) is 1. The fourth-order valence-electron chi connectivity index (χ4n) is 3.37. The number of aromatic nitrogens is 1. The van der Waals surface area contributed by atoms with Gasteiger partial charge in [0.05, 0.1) is 31.0 Å². The second kappa shape index (κ2) is 7.25. The van der Waals surface area contributed by atoms with Crippen LogP contribution in [0.1, 0.15) is 17.0 Å². The average Bonchev–Trinajstić information content (AvgIpc) is 3.28. The fourth-order valence-corrected chi connectivity index (χ4v) is 3.98. The van der Waals surface area contributed by atoms with Crippen molar-refractivity contribution in [2.24, 2.45) is 10.1 Å². The van der Waals surface area contributed by atoms with Crippen LogP contribution in [-0.2, 0) is 4.79 Å². The number of thioether (sulfide) groups is 1. The predicted molar refractivity (Wildman–Crippen MR) is 114 cm³/mol. The van der Waals surface area contributed by atoms with Gasteiger partial charge in [0.25, 0.3) is 5.91 Å². The number of aryl methyl sites for hydroxylation is 1. The zero-order valence-corrected chi connectivity index (χ0v) is 17.2. The van der Waals surface area contributed by atoms with Crippen molar-refractivity contribution in [3.8, 4) is 17.2 Å². The molecule has 1 N–H and O–H groups in total. The quantitative estimate of drug-likeness (QED) is 0.782. The number of rotatable bonds is 4. The number of aliphatic imine (C=N–C) groups is 1. The molecule has 2 aromatic rings. The van der Waals surface area contributed by atoms with Gasteiger partial charge in [-0.2, -0.15) is 15.1 Å². The van der Waals surface area contributed by atoms with Crippen LogP contribution in [0.2, 0.25) is 0 Å². The van der Waals surface area contributed by atoms with E-state index in [1.54, 1.807) is 25.8 Å². The third-order valence-corrected chi connectivity index (χ3v) is 5.47. The highest BCUT2D eigenvalue weighted by atomic mass is 32.2. The Labute approximate surface area is 172 Å². The van der Waals surface area contributed by atoms with Gasteiger partial charge in [0, 0.05) is 17.5 Å². The molecule has 0 aliphatic carbocycles. The summed E-state index contributed by atoms with van der Waals surface area (Å²) in [6.45, 7) is 3.92. The molecule has 0 radical (unpaired) electrons. The summed E-state index contributed by atoms with van der Waals surface area (Å²) in [5.41, 5.74) is 5.26. The standard InChI is InChI=1S/C20H19N5O3S/c1-11-7-13(8-15-18(21)25-20(23-19(15)26)29-10-22-25)12(2)24(11)16-9-14(27-3)5-6-17(16)28-4/h5-10,21H,1-4H3/b15-8+,21-18?. The van der Waals surface area contributed by atoms with Crippen LogP contribution in [0, 0.1) is 19.3 Å². The van der Waals surface area contributed by atoms with E-state index in [1.807, 2.05) is 42.7 Å². The molecule has 0 bridgehead atoms. The maximum absolute atomic E-state index is 12.5. The largest absolute Gasteiger partial charge is 0.497 e. The summed E-state index contributed by atoms with van der Waals surface area (Å²) >= 11 is 1.22. The van der Waals surface area contributed by atoms with Gasteiger partial charge in [-0.25, -0.2) is 0 Å². The average molecular weight is 409 g/mol. The molecule has 148 valence electrons. The lowest BCUT2D eigenvalue weighted by Crippen LogP contribution is -2.35. The van der Waals surface area contributed by atoms with Crippen molar-refractivity contribution in [3.63, 3.8) is 0 Å². The van der Waals surface area contributed by atoms with E-state index in [1.165, 1.54) is 16.8 Å². The number of carbonyl (C=O) groups excluding carboxylic acids is 1. The summed E-state index contributed by atoms with van der Waals surface area (Å²) in [5.74, 6) is 0.989. The third-order valence-electron chi connectivity index (χ3n) is 4.79. The second-order valence-corrected chi connectivity index (χ2v) is 7.27. The monoisotopic (exact) mass is 409 g/mol. The SMILES string of the molecule is COc1ccc(OC)c(-n2c(C)cc(/C=C3\C(=N)N4N=CSC4=NC3=O)c2C)c1. The molecule has 1 amide bonds. The van der Waals surface area contributed by atoms with Gasteiger partial charge in [-0.3, -0.25) is 10.2 Å². The summed E-state index contributed by atoms with van der Waals surface area (Å²) in [4.78, 5) is 16.5. The minimum absolute atomic E-state index is 0.0185. The first-order valence-electron chi connectivity index (χ1n) is 8.78. The lowest BCUT2D eigenvalue weighted by molar-refractivity contribution is -0.114. The summed E-state index contributed by atoms with van der Waals surface area (Å²) in [6.07, 6.45) is 1.69. The predicted octanol–water partition coefficient (Wildman–Crippen LogP) is 3.36. The molecule has 0 spiro atoms. The van der Waals surface area contributed by atoms with E-state index in [0.717, 1.165) is 22.6 Å². The molecule has 29 heavy (non-hydrogen) atoms. The normalized spacial score (nSPS) is 17.0. The van der Waals surface area contributed by atoms with Gasteiger partial charge in [-0.15, -0.1) is 0 Å². The zero-order valence-electron chi connectivity index (χ0n) is 16.4. The Morgan fingerprint density at radius 2 is 1.97 bits per heavy atom. The Hall–Kier alpha value is -3.33. The molecule has 8 nitrogen and oxygen atoms in total. The molecular formula is C20H19N5O3S. The van der Waals surface area contributed by atoms with Crippen LogP contribution >= 0.6 is 11.8 Å². The van der Waals surface area contributed by atoms with Crippen molar-refractivity contribution in [2.45, 2.75) is 13.8 Å². The van der Waals surface area contributed by atoms with E-state index in [2.05, 4.69) is 10.1 Å². The number of nitrogens with zero attached hydrogens (tertiary/aromatic N) is 4. The number of amides is 1. The fraction of sp³-hybridized carbons (Fsp3) is 0.200. The lowest BCUT2D eigenvalue weighted by atomic mass is 10.1. The molecular weight excluding hydrogens is 390 g/mol. The van der Waals surface area contributed by atoms with Crippen molar-refractivity contribution < 1.29 is 14.3 Å².